The van der Waals surface area contributed by atoms with Gasteiger partial charge < -0.3 is 9.88 Å². The molecule has 0 spiro atoms. The third kappa shape index (κ3) is 5.32. The number of aryl methyl sites for hydroxylation is 3. The van der Waals surface area contributed by atoms with E-state index in [1.807, 2.05) is 37.3 Å². The number of hydrogen-bond acceptors (Lipinski definition) is 2. The summed E-state index contributed by atoms with van der Waals surface area (Å²) >= 11 is 0. The zero-order valence-corrected chi connectivity index (χ0v) is 18.8. The van der Waals surface area contributed by atoms with Crippen LogP contribution in [0.1, 0.15) is 60.1 Å². The minimum Gasteiger partial charge on any atom is -0.348 e. The lowest BCUT2D eigenvalue weighted by Gasteiger charge is -2.21. The second-order valence-corrected chi connectivity index (χ2v) is 7.73. The number of nitrogens with one attached hydrogen (secondary N) is 1. The summed E-state index contributed by atoms with van der Waals surface area (Å²) in [5.41, 5.74) is 5.01. The third-order valence-electron chi connectivity index (χ3n) is 5.77. The first-order valence-corrected chi connectivity index (χ1v) is 11.3. The summed E-state index contributed by atoms with van der Waals surface area (Å²) in [7, 11) is 0. The average molecular weight is 417 g/mol. The van der Waals surface area contributed by atoms with Crippen molar-refractivity contribution in [1.82, 2.24) is 4.57 Å². The summed E-state index contributed by atoms with van der Waals surface area (Å²) in [6.45, 7) is 6.91. The van der Waals surface area contributed by atoms with E-state index in [4.69, 9.17) is 0 Å². The Labute approximate surface area is 184 Å². The number of pyridine rings is 1. The summed E-state index contributed by atoms with van der Waals surface area (Å²) in [4.78, 5) is 26.1. The van der Waals surface area contributed by atoms with E-state index in [1.165, 1.54) is 5.56 Å². The number of nitrogens with zero attached hydrogens (tertiary/aromatic N) is 1. The lowest BCUT2D eigenvalue weighted by molar-refractivity contribution is 0.102. The number of carbonyl (C=O) groups is 1. The number of anilines is 1. The molecule has 0 saturated carbocycles. The molecule has 0 unspecified atom stereocenters. The van der Waals surface area contributed by atoms with Gasteiger partial charge in [0.05, 0.1) is 0 Å². The second-order valence-electron chi connectivity index (χ2n) is 7.73. The van der Waals surface area contributed by atoms with Crippen molar-refractivity contribution in [2.75, 3.05) is 5.32 Å². The molecule has 0 radical (unpaired) electrons. The van der Waals surface area contributed by atoms with Crippen molar-refractivity contribution in [1.29, 1.82) is 0 Å². The summed E-state index contributed by atoms with van der Waals surface area (Å²) in [6, 6.07) is 19.8. The van der Waals surface area contributed by atoms with Gasteiger partial charge in [0.15, 0.2) is 5.43 Å². The molecule has 0 fully saturated rings. The minimum absolute atomic E-state index is 0.195. The summed E-state index contributed by atoms with van der Waals surface area (Å²) < 4.78 is 2.19. The Morgan fingerprint density at radius 2 is 1.61 bits per heavy atom. The maximum atomic E-state index is 13.2. The van der Waals surface area contributed by atoms with Gasteiger partial charge in [0.1, 0.15) is 5.56 Å². The van der Waals surface area contributed by atoms with E-state index in [2.05, 4.69) is 48.0 Å². The zero-order valence-electron chi connectivity index (χ0n) is 18.8. The fourth-order valence-electron chi connectivity index (χ4n) is 4.16. The molecule has 4 nitrogen and oxygen atoms in total. The molecule has 31 heavy (non-hydrogen) atoms. The molecule has 162 valence electrons. The predicted molar refractivity (Wildman–Crippen MR) is 128 cm³/mol. The van der Waals surface area contributed by atoms with Crippen LogP contribution in [0.4, 0.5) is 5.69 Å². The Kier molecular flexibility index (Phi) is 7.82. The van der Waals surface area contributed by atoms with Crippen molar-refractivity contribution in [2.24, 2.45) is 0 Å². The Morgan fingerprint density at radius 1 is 0.903 bits per heavy atom. The monoisotopic (exact) mass is 416 g/mol. The number of para-hydroxylation sites is 1. The van der Waals surface area contributed by atoms with E-state index >= 15 is 0 Å². The van der Waals surface area contributed by atoms with Gasteiger partial charge in [-0.15, -0.1) is 0 Å². The number of amides is 1. The summed E-state index contributed by atoms with van der Waals surface area (Å²) in [6.07, 6.45) is 4.12. The van der Waals surface area contributed by atoms with Crippen LogP contribution in [0, 0.1) is 0 Å². The Balaban J connectivity index is 1.91. The van der Waals surface area contributed by atoms with E-state index in [0.717, 1.165) is 54.9 Å². The van der Waals surface area contributed by atoms with Gasteiger partial charge in [0.25, 0.3) is 5.91 Å². The molecule has 3 aromatic rings. The molecule has 0 saturated heterocycles. The molecule has 1 aromatic heterocycles. The summed E-state index contributed by atoms with van der Waals surface area (Å²) in [5.74, 6) is -0.317. The SMILES string of the molecule is CCc1ccccc1NC(=O)c1c(CC)n(CCCc2ccccc2)c(CC)cc1=O. The maximum absolute atomic E-state index is 13.2. The molecular weight excluding hydrogens is 384 g/mol. The largest absolute Gasteiger partial charge is 0.348 e. The number of hydrogen-bond donors (Lipinski definition) is 1. The van der Waals surface area contributed by atoms with Crippen molar-refractivity contribution < 1.29 is 4.79 Å². The molecule has 0 aliphatic heterocycles. The number of carbonyl (C=O) groups excluding carboxylic acids is 1. The molecule has 2 aromatic carbocycles. The average Bonchev–Trinajstić information content (AvgIpc) is 2.80. The molecule has 0 atom stereocenters. The lowest BCUT2D eigenvalue weighted by Crippen LogP contribution is -2.29. The number of rotatable bonds is 9. The standard InChI is InChI=1S/C27H32N2O2/c1-4-21-16-10-11-17-23(21)28-27(31)26-24(6-3)29(22(5-2)19-25(26)30)18-12-15-20-13-8-7-9-14-20/h7-11,13-14,16-17,19H,4-6,12,15,18H2,1-3H3,(H,28,31). The van der Waals surface area contributed by atoms with Crippen molar-refractivity contribution in [3.05, 3.63) is 99.0 Å². The molecule has 1 N–H and O–H groups in total. The van der Waals surface area contributed by atoms with Crippen molar-refractivity contribution in [2.45, 2.75) is 59.4 Å². The molecule has 1 heterocycles. The van der Waals surface area contributed by atoms with E-state index in [0.29, 0.717) is 6.42 Å². The molecule has 0 aliphatic carbocycles. The first-order valence-electron chi connectivity index (χ1n) is 11.3. The first-order chi connectivity index (χ1) is 15.1. The topological polar surface area (TPSA) is 51.1 Å². The molecule has 4 heteroatoms. The van der Waals surface area contributed by atoms with Gasteiger partial charge in [-0.1, -0.05) is 69.3 Å². The van der Waals surface area contributed by atoms with Crippen LogP contribution in [0.5, 0.6) is 0 Å². The van der Waals surface area contributed by atoms with Crippen LogP contribution in [0.2, 0.25) is 0 Å². The molecule has 3 rings (SSSR count). The maximum Gasteiger partial charge on any atom is 0.261 e. The number of aromatic nitrogens is 1. The highest BCUT2D eigenvalue weighted by molar-refractivity contribution is 6.05. The van der Waals surface area contributed by atoms with Crippen LogP contribution in [0.25, 0.3) is 0 Å². The minimum atomic E-state index is -0.317. The quantitative estimate of drug-likeness (QED) is 0.506. The van der Waals surface area contributed by atoms with E-state index < -0.39 is 0 Å². The van der Waals surface area contributed by atoms with E-state index in [1.54, 1.807) is 6.07 Å². The molecule has 0 aliphatic rings. The Morgan fingerprint density at radius 3 is 2.29 bits per heavy atom. The zero-order chi connectivity index (χ0) is 22.2. The van der Waals surface area contributed by atoms with Crippen LogP contribution in [-0.4, -0.2) is 10.5 Å². The fraction of sp³-hybridized carbons (Fsp3) is 0.333. The lowest BCUT2D eigenvalue weighted by atomic mass is 10.0. The highest BCUT2D eigenvalue weighted by Gasteiger charge is 2.20. The molecule has 0 bridgehead atoms. The third-order valence-corrected chi connectivity index (χ3v) is 5.77. The van der Waals surface area contributed by atoms with Crippen LogP contribution < -0.4 is 10.7 Å². The van der Waals surface area contributed by atoms with Crippen molar-refractivity contribution >= 4 is 11.6 Å². The Bertz CT molecular complexity index is 1080. The van der Waals surface area contributed by atoms with Gasteiger partial charge >= 0.3 is 0 Å². The molecular formula is C27H32N2O2. The second kappa shape index (κ2) is 10.8. The molecule has 1 amide bonds. The fourth-order valence-corrected chi connectivity index (χ4v) is 4.16. The normalized spacial score (nSPS) is 10.8. The van der Waals surface area contributed by atoms with Gasteiger partial charge in [0.2, 0.25) is 0 Å². The highest BCUT2D eigenvalue weighted by Crippen LogP contribution is 2.19. The van der Waals surface area contributed by atoms with Gasteiger partial charge in [-0.2, -0.15) is 0 Å². The van der Waals surface area contributed by atoms with E-state index in [9.17, 15) is 9.59 Å². The van der Waals surface area contributed by atoms with E-state index in [-0.39, 0.29) is 16.9 Å². The summed E-state index contributed by atoms with van der Waals surface area (Å²) in [5, 5.41) is 2.99. The number of benzene rings is 2. The van der Waals surface area contributed by atoms with Crippen LogP contribution >= 0.6 is 0 Å². The van der Waals surface area contributed by atoms with Gasteiger partial charge in [0, 0.05) is 29.7 Å². The van der Waals surface area contributed by atoms with Crippen molar-refractivity contribution in [3.63, 3.8) is 0 Å². The predicted octanol–water partition coefficient (Wildman–Crippen LogP) is 5.42. The smallest absolute Gasteiger partial charge is 0.261 e. The Hall–Kier alpha value is -3.14. The van der Waals surface area contributed by atoms with Gasteiger partial charge in [-0.3, -0.25) is 9.59 Å². The van der Waals surface area contributed by atoms with Crippen LogP contribution in [0.15, 0.2) is 65.5 Å². The van der Waals surface area contributed by atoms with Crippen LogP contribution in [-0.2, 0) is 32.2 Å². The first kappa shape index (κ1) is 22.5. The van der Waals surface area contributed by atoms with Crippen molar-refractivity contribution in [3.8, 4) is 0 Å². The highest BCUT2D eigenvalue weighted by atomic mass is 16.2. The van der Waals surface area contributed by atoms with Crippen LogP contribution in [0.3, 0.4) is 0 Å². The van der Waals surface area contributed by atoms with Gasteiger partial charge in [-0.25, -0.2) is 0 Å². The van der Waals surface area contributed by atoms with Gasteiger partial charge in [-0.05, 0) is 49.3 Å².